The number of aryl methyl sites for hydroxylation is 1. The minimum Gasteiger partial charge on any atom is -0.207 e. The van der Waals surface area contributed by atoms with Crippen molar-refractivity contribution in [2.45, 2.75) is 43.9 Å². The maximum atomic E-state index is 13.8. The van der Waals surface area contributed by atoms with Crippen molar-refractivity contribution in [2.24, 2.45) is 5.92 Å². The average molecular weight is 303 g/mol. The minimum absolute atomic E-state index is 0.0688. The monoisotopic (exact) mass is 302 g/mol. The standard InChI is InChI=1S/C14H17BrF2/c1-9-6-14(17)11(8-13(9)16)12(15)7-10-4-2-3-5-10/h6,8,10,12H,2-5,7H2,1H3. The van der Waals surface area contributed by atoms with Gasteiger partial charge in [0.15, 0.2) is 0 Å². The number of alkyl halides is 1. The van der Waals surface area contributed by atoms with Gasteiger partial charge in [-0.25, -0.2) is 8.78 Å². The van der Waals surface area contributed by atoms with E-state index in [-0.39, 0.29) is 16.5 Å². The second-order valence-electron chi connectivity index (χ2n) is 4.98. The SMILES string of the molecule is Cc1cc(F)c(C(Br)CC2CCCC2)cc1F. The van der Waals surface area contributed by atoms with E-state index >= 15 is 0 Å². The largest absolute Gasteiger partial charge is 0.207 e. The van der Waals surface area contributed by atoms with Gasteiger partial charge in [-0.2, -0.15) is 0 Å². The van der Waals surface area contributed by atoms with Crippen LogP contribution in [0.25, 0.3) is 0 Å². The Labute approximate surface area is 110 Å². The summed E-state index contributed by atoms with van der Waals surface area (Å²) >= 11 is 3.50. The highest BCUT2D eigenvalue weighted by Crippen LogP contribution is 2.38. The third kappa shape index (κ3) is 3.06. The molecule has 0 aromatic heterocycles. The van der Waals surface area contributed by atoms with Crippen LogP contribution in [0.1, 0.15) is 48.1 Å². The minimum atomic E-state index is -0.322. The molecule has 1 fully saturated rings. The van der Waals surface area contributed by atoms with Crippen LogP contribution in [-0.4, -0.2) is 0 Å². The highest BCUT2D eigenvalue weighted by Gasteiger charge is 2.22. The summed E-state index contributed by atoms with van der Waals surface area (Å²) in [5.74, 6) is 0.0317. The van der Waals surface area contributed by atoms with Gasteiger partial charge < -0.3 is 0 Å². The smallest absolute Gasteiger partial charge is 0.128 e. The first kappa shape index (κ1) is 13.0. The van der Waals surface area contributed by atoms with Crippen LogP contribution in [0, 0.1) is 24.5 Å². The van der Waals surface area contributed by atoms with Gasteiger partial charge in [0.2, 0.25) is 0 Å². The Hall–Kier alpha value is -0.440. The number of hydrogen-bond donors (Lipinski definition) is 0. The molecule has 2 rings (SSSR count). The molecular weight excluding hydrogens is 286 g/mol. The molecule has 0 bridgehead atoms. The summed E-state index contributed by atoms with van der Waals surface area (Å²) < 4.78 is 27.2. The lowest BCUT2D eigenvalue weighted by molar-refractivity contribution is 0.490. The number of hydrogen-bond acceptors (Lipinski definition) is 0. The Balaban J connectivity index is 2.12. The Morgan fingerprint density at radius 3 is 2.53 bits per heavy atom. The average Bonchev–Trinajstić information content (AvgIpc) is 2.76. The van der Waals surface area contributed by atoms with Crippen molar-refractivity contribution in [3.05, 3.63) is 34.9 Å². The first-order valence-corrected chi connectivity index (χ1v) is 7.09. The fourth-order valence-corrected chi connectivity index (χ4v) is 3.45. The van der Waals surface area contributed by atoms with Gasteiger partial charge in [0.25, 0.3) is 0 Å². The van der Waals surface area contributed by atoms with Crippen molar-refractivity contribution in [2.75, 3.05) is 0 Å². The molecule has 1 unspecified atom stereocenters. The second kappa shape index (κ2) is 5.47. The summed E-state index contributed by atoms with van der Waals surface area (Å²) in [6, 6.07) is 2.62. The summed E-state index contributed by atoms with van der Waals surface area (Å²) in [7, 11) is 0. The maximum absolute atomic E-state index is 13.8. The van der Waals surface area contributed by atoms with Crippen molar-refractivity contribution >= 4 is 15.9 Å². The first-order valence-electron chi connectivity index (χ1n) is 6.17. The van der Waals surface area contributed by atoms with E-state index in [9.17, 15) is 8.78 Å². The number of benzene rings is 1. The van der Waals surface area contributed by atoms with Crippen LogP contribution >= 0.6 is 15.9 Å². The second-order valence-corrected chi connectivity index (χ2v) is 6.08. The lowest BCUT2D eigenvalue weighted by atomic mass is 9.97. The Morgan fingerprint density at radius 2 is 1.88 bits per heavy atom. The van der Waals surface area contributed by atoms with E-state index in [1.807, 2.05) is 0 Å². The van der Waals surface area contributed by atoms with Crippen LogP contribution in [-0.2, 0) is 0 Å². The third-order valence-electron chi connectivity index (χ3n) is 3.63. The summed E-state index contributed by atoms with van der Waals surface area (Å²) in [4.78, 5) is -0.0688. The highest BCUT2D eigenvalue weighted by molar-refractivity contribution is 9.09. The zero-order valence-electron chi connectivity index (χ0n) is 9.98. The van der Waals surface area contributed by atoms with Crippen molar-refractivity contribution in [3.63, 3.8) is 0 Å². The summed E-state index contributed by atoms with van der Waals surface area (Å²) in [6.45, 7) is 1.59. The van der Waals surface area contributed by atoms with Gasteiger partial charge in [0.1, 0.15) is 11.6 Å². The summed E-state index contributed by atoms with van der Waals surface area (Å²) in [5, 5.41) is 0. The van der Waals surface area contributed by atoms with Crippen LogP contribution in [0.5, 0.6) is 0 Å². The molecule has 1 aromatic carbocycles. The quantitative estimate of drug-likeness (QED) is 0.666. The lowest BCUT2D eigenvalue weighted by Gasteiger charge is -2.16. The fraction of sp³-hybridized carbons (Fsp3) is 0.571. The van der Waals surface area contributed by atoms with Crippen LogP contribution in [0.15, 0.2) is 12.1 Å². The molecule has 0 amide bonds. The van der Waals surface area contributed by atoms with E-state index in [0.29, 0.717) is 17.0 Å². The molecule has 94 valence electrons. The molecule has 1 saturated carbocycles. The highest BCUT2D eigenvalue weighted by atomic mass is 79.9. The Kier molecular flexibility index (Phi) is 4.18. The van der Waals surface area contributed by atoms with E-state index in [0.717, 1.165) is 6.42 Å². The molecule has 1 aliphatic rings. The van der Waals surface area contributed by atoms with Crippen molar-refractivity contribution in [3.8, 4) is 0 Å². The Morgan fingerprint density at radius 1 is 1.24 bits per heavy atom. The zero-order valence-corrected chi connectivity index (χ0v) is 11.6. The zero-order chi connectivity index (χ0) is 12.4. The topological polar surface area (TPSA) is 0 Å². The van der Waals surface area contributed by atoms with Gasteiger partial charge in [-0.3, -0.25) is 0 Å². The third-order valence-corrected chi connectivity index (χ3v) is 4.50. The van der Waals surface area contributed by atoms with Gasteiger partial charge in [0.05, 0.1) is 0 Å². The molecule has 17 heavy (non-hydrogen) atoms. The van der Waals surface area contributed by atoms with Crippen LogP contribution in [0.2, 0.25) is 0 Å². The van der Waals surface area contributed by atoms with E-state index in [2.05, 4.69) is 15.9 Å². The summed E-state index contributed by atoms with van der Waals surface area (Å²) in [6.07, 6.45) is 5.89. The molecule has 0 spiro atoms. The van der Waals surface area contributed by atoms with Crippen LogP contribution in [0.4, 0.5) is 8.78 Å². The van der Waals surface area contributed by atoms with Gasteiger partial charge in [-0.05, 0) is 37.0 Å². The fourth-order valence-electron chi connectivity index (χ4n) is 2.57. The Bertz CT molecular complexity index is 397. The normalized spacial score (nSPS) is 18.6. The van der Waals surface area contributed by atoms with E-state index in [1.165, 1.54) is 37.8 Å². The molecule has 0 radical (unpaired) electrons. The van der Waals surface area contributed by atoms with E-state index in [1.54, 1.807) is 6.92 Å². The molecule has 3 heteroatoms. The van der Waals surface area contributed by atoms with E-state index in [4.69, 9.17) is 0 Å². The number of halogens is 3. The molecular formula is C14H17BrF2. The molecule has 0 heterocycles. The molecule has 0 N–H and O–H groups in total. The van der Waals surface area contributed by atoms with Crippen LogP contribution in [0.3, 0.4) is 0 Å². The van der Waals surface area contributed by atoms with E-state index < -0.39 is 0 Å². The molecule has 0 nitrogen and oxygen atoms in total. The molecule has 1 aromatic rings. The molecule has 0 aliphatic heterocycles. The first-order chi connectivity index (χ1) is 8.08. The molecule has 1 aliphatic carbocycles. The summed E-state index contributed by atoms with van der Waals surface area (Å²) in [5.41, 5.74) is 0.826. The maximum Gasteiger partial charge on any atom is 0.128 e. The van der Waals surface area contributed by atoms with Gasteiger partial charge >= 0.3 is 0 Å². The van der Waals surface area contributed by atoms with Crippen LogP contribution < -0.4 is 0 Å². The lowest BCUT2D eigenvalue weighted by Crippen LogP contribution is -2.03. The molecule has 0 saturated heterocycles. The van der Waals surface area contributed by atoms with Crippen molar-refractivity contribution in [1.82, 2.24) is 0 Å². The van der Waals surface area contributed by atoms with Gasteiger partial charge in [-0.1, -0.05) is 41.6 Å². The number of rotatable bonds is 3. The van der Waals surface area contributed by atoms with Crippen molar-refractivity contribution in [1.29, 1.82) is 0 Å². The van der Waals surface area contributed by atoms with Gasteiger partial charge in [0, 0.05) is 10.4 Å². The molecule has 1 atom stereocenters. The van der Waals surface area contributed by atoms with Crippen molar-refractivity contribution < 1.29 is 8.78 Å². The van der Waals surface area contributed by atoms with Gasteiger partial charge in [-0.15, -0.1) is 0 Å². The predicted molar refractivity (Wildman–Crippen MR) is 69.3 cm³/mol. The predicted octanol–water partition coefficient (Wildman–Crippen LogP) is 5.29.